The van der Waals surface area contributed by atoms with Crippen molar-refractivity contribution >= 4 is 34.5 Å². The number of nitrogens with zero attached hydrogens (tertiary/aromatic N) is 3. The normalized spacial score (nSPS) is 14.6. The highest BCUT2D eigenvalue weighted by molar-refractivity contribution is 7.99. The third-order valence-corrected chi connectivity index (χ3v) is 4.93. The van der Waals surface area contributed by atoms with E-state index in [-0.39, 0.29) is 0 Å². The van der Waals surface area contributed by atoms with Gasteiger partial charge in [-0.05, 0) is 17.7 Å². The first kappa shape index (κ1) is 15.7. The van der Waals surface area contributed by atoms with E-state index in [0.717, 1.165) is 33.9 Å². The standard InChI is InChI=1S/C18H17N5OS/c19-16-10-15(17-18(20-16)22-23-21-17)25-11-12-5-4-8-24-14(9-12)13-6-2-1-3-7-13/h1-3,5-7,9-10H,4,8,11H2,(H3,19,20,21,22,23). The average Bonchev–Trinajstić information content (AvgIpc) is 2.97. The van der Waals surface area contributed by atoms with Crippen LogP contribution in [0, 0.1) is 0 Å². The first-order valence-electron chi connectivity index (χ1n) is 7.98. The van der Waals surface area contributed by atoms with Gasteiger partial charge in [0.25, 0.3) is 0 Å². The number of fused-ring (bicyclic) bond motifs is 1. The minimum atomic E-state index is 0.458. The number of anilines is 1. The van der Waals surface area contributed by atoms with Gasteiger partial charge in [-0.1, -0.05) is 41.6 Å². The van der Waals surface area contributed by atoms with Gasteiger partial charge in [0.05, 0.1) is 6.61 Å². The summed E-state index contributed by atoms with van der Waals surface area (Å²) in [5, 5.41) is 10.7. The minimum absolute atomic E-state index is 0.458. The summed E-state index contributed by atoms with van der Waals surface area (Å²) in [6.07, 6.45) is 5.22. The van der Waals surface area contributed by atoms with Crippen molar-refractivity contribution in [2.75, 3.05) is 18.1 Å². The summed E-state index contributed by atoms with van der Waals surface area (Å²) < 4.78 is 5.89. The number of allylic oxidation sites excluding steroid dienone is 1. The number of pyridine rings is 1. The van der Waals surface area contributed by atoms with E-state index in [1.54, 1.807) is 11.8 Å². The van der Waals surface area contributed by atoms with Crippen LogP contribution in [-0.4, -0.2) is 32.8 Å². The van der Waals surface area contributed by atoms with Gasteiger partial charge in [0.2, 0.25) is 0 Å². The van der Waals surface area contributed by atoms with Crippen LogP contribution in [0.1, 0.15) is 12.0 Å². The zero-order valence-electron chi connectivity index (χ0n) is 13.5. The molecule has 6 nitrogen and oxygen atoms in total. The van der Waals surface area contributed by atoms with Crippen molar-refractivity contribution in [2.45, 2.75) is 11.3 Å². The lowest BCUT2D eigenvalue weighted by Crippen LogP contribution is -1.93. The van der Waals surface area contributed by atoms with Crippen molar-refractivity contribution in [3.63, 3.8) is 0 Å². The molecular formula is C18H17N5OS. The molecule has 1 aliphatic heterocycles. The van der Waals surface area contributed by atoms with Crippen LogP contribution in [0.5, 0.6) is 0 Å². The molecule has 0 bridgehead atoms. The number of aromatic amines is 1. The lowest BCUT2D eigenvalue weighted by Gasteiger charge is -2.08. The van der Waals surface area contributed by atoms with E-state index >= 15 is 0 Å². The number of ether oxygens (including phenoxy) is 1. The molecule has 0 amide bonds. The minimum Gasteiger partial charge on any atom is -0.493 e. The SMILES string of the molecule is Nc1cc(SCC2=CCCOC(c3ccccc3)=C2)c2nn[nH]c2n1. The highest BCUT2D eigenvalue weighted by Gasteiger charge is 2.11. The number of hydrogen-bond acceptors (Lipinski definition) is 6. The number of benzene rings is 1. The fourth-order valence-corrected chi connectivity index (χ4v) is 3.66. The molecule has 4 rings (SSSR count). The van der Waals surface area contributed by atoms with Crippen LogP contribution in [-0.2, 0) is 4.74 Å². The Bertz CT molecular complexity index is 949. The van der Waals surface area contributed by atoms with Gasteiger partial charge in [0.15, 0.2) is 5.65 Å². The van der Waals surface area contributed by atoms with Crippen molar-refractivity contribution in [2.24, 2.45) is 0 Å². The first-order valence-corrected chi connectivity index (χ1v) is 8.97. The second kappa shape index (κ2) is 6.98. The fraction of sp³-hybridized carbons (Fsp3) is 0.167. The maximum absolute atomic E-state index is 5.89. The summed E-state index contributed by atoms with van der Waals surface area (Å²) in [4.78, 5) is 5.16. The molecule has 126 valence electrons. The summed E-state index contributed by atoms with van der Waals surface area (Å²) in [5.74, 6) is 2.16. The molecule has 0 saturated heterocycles. The second-order valence-electron chi connectivity index (χ2n) is 5.63. The zero-order chi connectivity index (χ0) is 17.1. The Morgan fingerprint density at radius 3 is 3.00 bits per heavy atom. The van der Waals surface area contributed by atoms with Gasteiger partial charge in [-0.15, -0.1) is 16.9 Å². The van der Waals surface area contributed by atoms with E-state index in [2.05, 4.69) is 44.7 Å². The van der Waals surface area contributed by atoms with E-state index in [4.69, 9.17) is 10.5 Å². The number of nitrogen functional groups attached to an aromatic ring is 1. The van der Waals surface area contributed by atoms with Crippen molar-refractivity contribution < 1.29 is 4.74 Å². The zero-order valence-corrected chi connectivity index (χ0v) is 14.3. The van der Waals surface area contributed by atoms with E-state index in [1.165, 1.54) is 5.57 Å². The number of nitrogens with two attached hydrogens (primary N) is 1. The molecule has 1 aromatic carbocycles. The van der Waals surface area contributed by atoms with E-state index in [0.29, 0.717) is 18.1 Å². The van der Waals surface area contributed by atoms with Crippen molar-refractivity contribution in [3.05, 3.63) is 59.7 Å². The monoisotopic (exact) mass is 351 g/mol. The van der Waals surface area contributed by atoms with Gasteiger partial charge in [-0.2, -0.15) is 0 Å². The van der Waals surface area contributed by atoms with Gasteiger partial charge in [-0.3, -0.25) is 0 Å². The van der Waals surface area contributed by atoms with Gasteiger partial charge < -0.3 is 10.5 Å². The summed E-state index contributed by atoms with van der Waals surface area (Å²) in [6.45, 7) is 0.685. The highest BCUT2D eigenvalue weighted by atomic mass is 32.2. The summed E-state index contributed by atoms with van der Waals surface area (Å²) in [7, 11) is 0. The van der Waals surface area contributed by atoms with Crippen LogP contribution < -0.4 is 5.73 Å². The Balaban J connectivity index is 1.57. The molecule has 0 spiro atoms. The molecule has 25 heavy (non-hydrogen) atoms. The molecule has 0 fully saturated rings. The molecule has 0 aliphatic carbocycles. The summed E-state index contributed by atoms with van der Waals surface area (Å²) >= 11 is 1.67. The smallest absolute Gasteiger partial charge is 0.179 e. The summed E-state index contributed by atoms with van der Waals surface area (Å²) in [6, 6.07) is 12.0. The number of thioether (sulfide) groups is 1. The molecule has 0 radical (unpaired) electrons. The molecule has 0 atom stereocenters. The third kappa shape index (κ3) is 3.51. The lowest BCUT2D eigenvalue weighted by atomic mass is 10.1. The third-order valence-electron chi connectivity index (χ3n) is 3.83. The van der Waals surface area contributed by atoms with Gasteiger partial charge in [0.1, 0.15) is 17.1 Å². The molecular weight excluding hydrogens is 334 g/mol. The highest BCUT2D eigenvalue weighted by Crippen LogP contribution is 2.30. The van der Waals surface area contributed by atoms with Crippen molar-refractivity contribution in [1.82, 2.24) is 20.4 Å². The maximum Gasteiger partial charge on any atom is 0.179 e. The van der Waals surface area contributed by atoms with E-state index in [1.807, 2.05) is 24.3 Å². The quantitative estimate of drug-likeness (QED) is 0.700. The van der Waals surface area contributed by atoms with E-state index in [9.17, 15) is 0 Å². The molecule has 3 N–H and O–H groups in total. The Labute approximate surface area is 149 Å². The van der Waals surface area contributed by atoms with Crippen LogP contribution in [0.4, 0.5) is 5.82 Å². The molecule has 1 aliphatic rings. The van der Waals surface area contributed by atoms with Crippen LogP contribution in [0.3, 0.4) is 0 Å². The van der Waals surface area contributed by atoms with Crippen molar-refractivity contribution in [1.29, 1.82) is 0 Å². The lowest BCUT2D eigenvalue weighted by molar-refractivity contribution is 0.286. The maximum atomic E-state index is 5.89. The second-order valence-corrected chi connectivity index (χ2v) is 6.65. The topological polar surface area (TPSA) is 89.7 Å². The number of H-pyrrole nitrogens is 1. The number of nitrogens with one attached hydrogen (secondary N) is 1. The van der Waals surface area contributed by atoms with Gasteiger partial charge >= 0.3 is 0 Å². The first-order chi connectivity index (χ1) is 12.3. The fourth-order valence-electron chi connectivity index (χ4n) is 2.65. The molecule has 0 saturated carbocycles. The summed E-state index contributed by atoms with van der Waals surface area (Å²) in [5.41, 5.74) is 9.53. The molecule has 3 heterocycles. The van der Waals surface area contributed by atoms with Crippen molar-refractivity contribution in [3.8, 4) is 0 Å². The van der Waals surface area contributed by atoms with Crippen LogP contribution in [0.2, 0.25) is 0 Å². The predicted molar refractivity (Wildman–Crippen MR) is 99.9 cm³/mol. The van der Waals surface area contributed by atoms with E-state index < -0.39 is 0 Å². The molecule has 3 aromatic rings. The Kier molecular flexibility index (Phi) is 4.39. The van der Waals surface area contributed by atoms with Gasteiger partial charge in [-0.25, -0.2) is 10.1 Å². The average molecular weight is 351 g/mol. The number of hydrogen-bond donors (Lipinski definition) is 2. The largest absolute Gasteiger partial charge is 0.493 e. The molecule has 0 unspecified atom stereocenters. The number of rotatable bonds is 4. The molecule has 7 heteroatoms. The molecule has 2 aromatic heterocycles. The predicted octanol–water partition coefficient (Wildman–Crippen LogP) is 3.42. The van der Waals surface area contributed by atoms with Crippen LogP contribution in [0.25, 0.3) is 16.9 Å². The van der Waals surface area contributed by atoms with Crippen LogP contribution >= 0.6 is 11.8 Å². The Morgan fingerprint density at radius 1 is 1.24 bits per heavy atom. The van der Waals surface area contributed by atoms with Gasteiger partial charge in [0, 0.05) is 22.6 Å². The van der Waals surface area contributed by atoms with Crippen LogP contribution in [0.15, 0.2) is 59.0 Å². The Morgan fingerprint density at radius 2 is 2.12 bits per heavy atom. The number of aromatic nitrogens is 4. The Hall–Kier alpha value is -2.80.